The predicted molar refractivity (Wildman–Crippen MR) is 143 cm³/mol. The second kappa shape index (κ2) is 12.5. The Labute approximate surface area is 252 Å². The minimum atomic E-state index is -4.54. The van der Waals surface area contributed by atoms with Gasteiger partial charge in [-0.05, 0) is 55.7 Å². The van der Waals surface area contributed by atoms with E-state index in [0.717, 1.165) is 25.1 Å². The Kier molecular flexibility index (Phi) is 9.04. The van der Waals surface area contributed by atoms with Crippen molar-refractivity contribution in [2.24, 2.45) is 11.8 Å². The van der Waals surface area contributed by atoms with Crippen molar-refractivity contribution in [2.75, 3.05) is 0 Å². The Morgan fingerprint density at radius 2 is 1.56 bits per heavy atom. The molecule has 2 N–H and O–H groups in total. The molecule has 3 heterocycles. The number of aromatic nitrogens is 4. The Bertz CT molecular complexity index is 1520. The van der Waals surface area contributed by atoms with Gasteiger partial charge in [0.2, 0.25) is 17.6 Å². The van der Waals surface area contributed by atoms with Gasteiger partial charge in [-0.15, -0.1) is 0 Å². The predicted octanol–water partition coefficient (Wildman–Crippen LogP) is 6.44. The van der Waals surface area contributed by atoms with Crippen molar-refractivity contribution in [1.82, 2.24) is 30.0 Å². The average Bonchev–Trinajstić information content (AvgIpc) is 3.70. The van der Waals surface area contributed by atoms with E-state index in [1.807, 2.05) is 0 Å². The van der Waals surface area contributed by atoms with Gasteiger partial charge in [0.1, 0.15) is 0 Å². The molecule has 16 heteroatoms. The summed E-state index contributed by atoms with van der Waals surface area (Å²) in [5.41, 5.74) is 0.219. The molecule has 2 aliphatic rings. The van der Waals surface area contributed by atoms with E-state index in [0.29, 0.717) is 5.69 Å². The third kappa shape index (κ3) is 8.87. The van der Waals surface area contributed by atoms with Crippen molar-refractivity contribution >= 4 is 17.6 Å². The van der Waals surface area contributed by atoms with Gasteiger partial charge in [-0.1, -0.05) is 0 Å². The van der Waals surface area contributed by atoms with Crippen molar-refractivity contribution in [3.05, 3.63) is 59.4 Å². The van der Waals surface area contributed by atoms with Gasteiger partial charge in [-0.25, -0.2) is 18.7 Å². The summed E-state index contributed by atoms with van der Waals surface area (Å²) < 4.78 is 106. The molecule has 45 heavy (non-hydrogen) atoms. The normalized spacial score (nSPS) is 18.8. The monoisotopic (exact) mass is 646 g/mol. The van der Waals surface area contributed by atoms with Crippen LogP contribution in [0.5, 0.6) is 0 Å². The first-order valence-electron chi connectivity index (χ1n) is 14.5. The maximum Gasteiger partial charge on any atom is 0.394 e. The first-order valence-corrected chi connectivity index (χ1v) is 14.5. The number of pyridine rings is 1. The molecule has 0 spiro atoms. The molecule has 0 radical (unpaired) electrons. The van der Waals surface area contributed by atoms with E-state index in [1.54, 1.807) is 18.5 Å². The molecule has 1 unspecified atom stereocenters. The second-order valence-corrected chi connectivity index (χ2v) is 11.7. The molecule has 5 rings (SSSR count). The van der Waals surface area contributed by atoms with Crippen molar-refractivity contribution in [2.45, 2.75) is 88.1 Å². The molecule has 0 bridgehead atoms. The highest BCUT2D eigenvalue weighted by Gasteiger charge is 2.40. The van der Waals surface area contributed by atoms with Crippen molar-refractivity contribution < 1.29 is 44.7 Å². The maximum atomic E-state index is 14.0. The molecule has 2 atom stereocenters. The number of alkyl halides is 8. The largest absolute Gasteiger partial charge is 0.394 e. The fourth-order valence-electron chi connectivity index (χ4n) is 5.57. The molecule has 0 aliphatic heterocycles. The highest BCUT2D eigenvalue weighted by atomic mass is 19.4. The van der Waals surface area contributed by atoms with Crippen molar-refractivity contribution in [3.63, 3.8) is 0 Å². The van der Waals surface area contributed by atoms with Crippen LogP contribution in [0.25, 0.3) is 5.78 Å². The number of nitrogens with zero attached hydrogens (tertiary/aromatic N) is 4. The zero-order chi connectivity index (χ0) is 32.6. The molecule has 244 valence electrons. The van der Waals surface area contributed by atoms with Crippen LogP contribution in [0.1, 0.15) is 90.9 Å². The van der Waals surface area contributed by atoms with Crippen LogP contribution in [0.4, 0.5) is 35.1 Å². The van der Waals surface area contributed by atoms with Crippen molar-refractivity contribution in [1.29, 1.82) is 0 Å². The van der Waals surface area contributed by atoms with Crippen LogP contribution in [0.15, 0.2) is 36.8 Å². The lowest BCUT2D eigenvalue weighted by Crippen LogP contribution is -2.37. The second-order valence-electron chi connectivity index (χ2n) is 11.7. The molecule has 3 aromatic heterocycles. The van der Waals surface area contributed by atoms with Crippen LogP contribution in [-0.4, -0.2) is 49.4 Å². The third-order valence-electron chi connectivity index (χ3n) is 8.03. The van der Waals surface area contributed by atoms with Crippen LogP contribution < -0.4 is 10.6 Å². The summed E-state index contributed by atoms with van der Waals surface area (Å²) in [5, 5.41) is 5.41. The van der Waals surface area contributed by atoms with Crippen LogP contribution in [0.2, 0.25) is 0 Å². The Morgan fingerprint density at radius 3 is 2.20 bits per heavy atom. The number of hydrogen-bond donors (Lipinski definition) is 2. The standard InChI is InChI=1S/C29H30F8N6O2/c30-27(31)8-3-17(4-9-27)24(42-25(45)18-6-11-38-19(13-18)14-29(35,36)37)21-15-43-12-7-20(39-26(43)40-21)23(16-1-2-16)41-22(44)5-10-28(32,33)34/h6-7,11-13,15-17,23-24H,1-5,8-10,14H2,(H,41,44)(H,42,45)/t23?,24-/m0/s1. The summed E-state index contributed by atoms with van der Waals surface area (Å²) in [6, 6.07) is 2.34. The van der Waals surface area contributed by atoms with Gasteiger partial charge in [-0.3, -0.25) is 19.0 Å². The van der Waals surface area contributed by atoms with E-state index in [1.165, 1.54) is 10.5 Å². The summed E-state index contributed by atoms with van der Waals surface area (Å²) in [6.45, 7) is 0. The minimum absolute atomic E-state index is 0.0113. The van der Waals surface area contributed by atoms with E-state index in [9.17, 15) is 44.7 Å². The van der Waals surface area contributed by atoms with Crippen LogP contribution >= 0.6 is 0 Å². The molecule has 0 aromatic carbocycles. The molecule has 2 aliphatic carbocycles. The Morgan fingerprint density at radius 1 is 0.911 bits per heavy atom. The fourth-order valence-corrected chi connectivity index (χ4v) is 5.57. The number of nitrogens with one attached hydrogen (secondary N) is 2. The highest BCUT2D eigenvalue weighted by Crippen LogP contribution is 2.42. The summed E-state index contributed by atoms with van der Waals surface area (Å²) in [4.78, 5) is 38.3. The summed E-state index contributed by atoms with van der Waals surface area (Å²) >= 11 is 0. The Hall–Kier alpha value is -3.85. The number of rotatable bonds is 10. The van der Waals surface area contributed by atoms with Gasteiger partial charge in [0.05, 0.1) is 42.0 Å². The summed E-state index contributed by atoms with van der Waals surface area (Å²) in [7, 11) is 0. The van der Waals surface area contributed by atoms with Gasteiger partial charge in [0.15, 0.2) is 0 Å². The molecule has 3 aromatic rings. The molecule has 2 fully saturated rings. The molecule has 2 saturated carbocycles. The first-order chi connectivity index (χ1) is 21.1. The SMILES string of the molecule is O=C(CCC(F)(F)F)NC(c1ccn2cc([C@@H](NC(=O)c3ccnc(CC(F)(F)F)c3)C3CCC(F)(F)CC3)nc2n1)C1CC1. The van der Waals surface area contributed by atoms with Gasteiger partial charge in [-0.2, -0.15) is 26.3 Å². The number of fused-ring (bicyclic) bond motifs is 1. The summed E-state index contributed by atoms with van der Waals surface area (Å²) in [5.74, 6) is -4.69. The van der Waals surface area contributed by atoms with Gasteiger partial charge >= 0.3 is 12.4 Å². The van der Waals surface area contributed by atoms with Crippen molar-refractivity contribution in [3.8, 4) is 0 Å². The highest BCUT2D eigenvalue weighted by molar-refractivity contribution is 5.94. The zero-order valence-electron chi connectivity index (χ0n) is 23.8. The number of carbonyl (C=O) groups is 2. The lowest BCUT2D eigenvalue weighted by Gasteiger charge is -2.33. The minimum Gasteiger partial charge on any atom is -0.347 e. The van der Waals surface area contributed by atoms with Crippen LogP contribution in [-0.2, 0) is 11.2 Å². The topological polar surface area (TPSA) is 101 Å². The molecular formula is C29H30F8N6O2. The fraction of sp³-hybridized carbons (Fsp3) is 0.552. The lowest BCUT2D eigenvalue weighted by molar-refractivity contribution is -0.144. The number of hydrogen-bond acceptors (Lipinski definition) is 5. The van der Waals surface area contributed by atoms with E-state index >= 15 is 0 Å². The van der Waals surface area contributed by atoms with Crippen LogP contribution in [0.3, 0.4) is 0 Å². The molecule has 8 nitrogen and oxygen atoms in total. The van der Waals surface area contributed by atoms with Gasteiger partial charge < -0.3 is 10.6 Å². The molecule has 0 saturated heterocycles. The lowest BCUT2D eigenvalue weighted by atomic mass is 9.81. The average molecular weight is 647 g/mol. The van der Waals surface area contributed by atoms with Crippen LogP contribution in [0, 0.1) is 11.8 Å². The quantitative estimate of drug-likeness (QED) is 0.247. The number of amides is 2. The van der Waals surface area contributed by atoms with E-state index in [-0.39, 0.29) is 41.5 Å². The molecule has 2 amide bonds. The third-order valence-corrected chi connectivity index (χ3v) is 8.03. The zero-order valence-corrected chi connectivity index (χ0v) is 23.8. The number of halogens is 8. The van der Waals surface area contributed by atoms with Gasteiger partial charge in [0.25, 0.3) is 5.91 Å². The van der Waals surface area contributed by atoms with E-state index in [2.05, 4.69) is 25.6 Å². The van der Waals surface area contributed by atoms with E-state index < -0.39 is 80.2 Å². The maximum absolute atomic E-state index is 14.0. The smallest absolute Gasteiger partial charge is 0.347 e. The van der Waals surface area contributed by atoms with Gasteiger partial charge in [0, 0.05) is 43.4 Å². The number of imidazole rings is 1. The van der Waals surface area contributed by atoms with E-state index in [4.69, 9.17) is 0 Å². The number of carbonyl (C=O) groups excluding carboxylic acids is 2. The Balaban J connectivity index is 1.39. The summed E-state index contributed by atoms with van der Waals surface area (Å²) in [6.07, 6.45) is -7.33. The molecular weight excluding hydrogens is 616 g/mol. The first kappa shape index (κ1) is 32.5.